The molecule has 0 aliphatic rings. The monoisotopic (exact) mass is 498 g/mol. The SMILES string of the molecule is CCN(Cc1ccccc1)C(=O)COC(=O)[C@H](Cc1ccccc1)NS(=O)(=O)c1ccccc1F. The first-order valence-electron chi connectivity index (χ1n) is 11.1. The van der Waals surface area contributed by atoms with Gasteiger partial charge in [-0.3, -0.25) is 9.59 Å². The Bertz CT molecular complexity index is 1240. The van der Waals surface area contributed by atoms with Crippen LogP contribution in [0.25, 0.3) is 0 Å². The summed E-state index contributed by atoms with van der Waals surface area (Å²) in [4.78, 5) is 26.5. The number of carbonyl (C=O) groups is 2. The average molecular weight is 499 g/mol. The molecule has 0 unspecified atom stereocenters. The quantitative estimate of drug-likeness (QED) is 0.410. The van der Waals surface area contributed by atoms with Gasteiger partial charge in [-0.05, 0) is 36.6 Å². The highest BCUT2D eigenvalue weighted by atomic mass is 32.2. The highest BCUT2D eigenvalue weighted by Gasteiger charge is 2.29. The maximum atomic E-state index is 14.1. The largest absolute Gasteiger partial charge is 0.454 e. The van der Waals surface area contributed by atoms with Crippen LogP contribution in [0.4, 0.5) is 4.39 Å². The number of esters is 1. The Balaban J connectivity index is 1.72. The number of nitrogens with one attached hydrogen (secondary N) is 1. The van der Waals surface area contributed by atoms with E-state index in [2.05, 4.69) is 4.72 Å². The molecule has 0 saturated heterocycles. The van der Waals surface area contributed by atoms with Crippen LogP contribution in [0, 0.1) is 5.82 Å². The predicted molar refractivity (Wildman–Crippen MR) is 129 cm³/mol. The van der Waals surface area contributed by atoms with Gasteiger partial charge in [-0.2, -0.15) is 4.72 Å². The molecule has 0 aliphatic heterocycles. The summed E-state index contributed by atoms with van der Waals surface area (Å²) in [7, 11) is -4.38. The van der Waals surface area contributed by atoms with Crippen molar-refractivity contribution in [2.24, 2.45) is 0 Å². The molecule has 3 aromatic rings. The molecular weight excluding hydrogens is 471 g/mol. The number of nitrogens with zero attached hydrogens (tertiary/aromatic N) is 1. The van der Waals surface area contributed by atoms with Crippen molar-refractivity contribution in [3.63, 3.8) is 0 Å². The molecule has 0 bridgehead atoms. The molecule has 9 heteroatoms. The predicted octanol–water partition coefficient (Wildman–Crippen LogP) is 3.31. The van der Waals surface area contributed by atoms with Gasteiger partial charge in [0, 0.05) is 13.1 Å². The molecule has 0 radical (unpaired) electrons. The minimum Gasteiger partial charge on any atom is -0.454 e. The summed E-state index contributed by atoms with van der Waals surface area (Å²) in [6.07, 6.45) is -0.0386. The molecule has 3 rings (SSSR count). The Morgan fingerprint density at radius 1 is 0.914 bits per heavy atom. The fraction of sp³-hybridized carbons (Fsp3) is 0.231. The lowest BCUT2D eigenvalue weighted by Crippen LogP contribution is -2.44. The number of rotatable bonds is 11. The third kappa shape index (κ3) is 7.46. The van der Waals surface area contributed by atoms with E-state index in [9.17, 15) is 22.4 Å². The Labute approximate surface area is 204 Å². The van der Waals surface area contributed by atoms with Crippen molar-refractivity contribution >= 4 is 21.9 Å². The van der Waals surface area contributed by atoms with Gasteiger partial charge in [0.25, 0.3) is 5.91 Å². The summed E-state index contributed by atoms with van der Waals surface area (Å²) in [5.41, 5.74) is 1.59. The lowest BCUT2D eigenvalue weighted by molar-refractivity contribution is -0.153. The van der Waals surface area contributed by atoms with Crippen LogP contribution >= 0.6 is 0 Å². The first kappa shape index (κ1) is 26.1. The number of ether oxygens (including phenoxy) is 1. The molecule has 3 aromatic carbocycles. The van der Waals surface area contributed by atoms with Crippen LogP contribution in [0.5, 0.6) is 0 Å². The van der Waals surface area contributed by atoms with Crippen molar-refractivity contribution < 1.29 is 27.1 Å². The van der Waals surface area contributed by atoms with Crippen LogP contribution in [0.3, 0.4) is 0 Å². The Morgan fingerprint density at radius 3 is 2.09 bits per heavy atom. The van der Waals surface area contributed by atoms with Gasteiger partial charge in [-0.15, -0.1) is 0 Å². The van der Waals surface area contributed by atoms with E-state index >= 15 is 0 Å². The zero-order valence-electron chi connectivity index (χ0n) is 19.3. The van der Waals surface area contributed by atoms with Crippen molar-refractivity contribution in [2.75, 3.05) is 13.2 Å². The van der Waals surface area contributed by atoms with Crippen LogP contribution < -0.4 is 4.72 Å². The molecule has 0 aliphatic carbocycles. The second-order valence-electron chi connectivity index (χ2n) is 7.80. The van der Waals surface area contributed by atoms with E-state index in [-0.39, 0.29) is 6.42 Å². The minimum absolute atomic E-state index is 0.0386. The molecule has 184 valence electrons. The van der Waals surface area contributed by atoms with Crippen LogP contribution in [-0.4, -0.2) is 44.4 Å². The van der Waals surface area contributed by atoms with E-state index in [4.69, 9.17) is 4.74 Å². The molecule has 7 nitrogen and oxygen atoms in total. The lowest BCUT2D eigenvalue weighted by Gasteiger charge is -2.22. The number of amides is 1. The van der Waals surface area contributed by atoms with Crippen LogP contribution in [-0.2, 0) is 37.3 Å². The summed E-state index contributed by atoms with van der Waals surface area (Å²) >= 11 is 0. The van der Waals surface area contributed by atoms with Crippen molar-refractivity contribution in [3.8, 4) is 0 Å². The van der Waals surface area contributed by atoms with E-state index in [0.29, 0.717) is 18.7 Å². The number of carbonyl (C=O) groups excluding carboxylic acids is 2. The summed E-state index contributed by atoms with van der Waals surface area (Å²) in [5.74, 6) is -2.29. The highest BCUT2D eigenvalue weighted by Crippen LogP contribution is 2.15. The zero-order chi connectivity index (χ0) is 25.3. The topological polar surface area (TPSA) is 92.8 Å². The van der Waals surface area contributed by atoms with Crippen LogP contribution in [0.1, 0.15) is 18.1 Å². The maximum Gasteiger partial charge on any atom is 0.325 e. The van der Waals surface area contributed by atoms with Gasteiger partial charge in [0.2, 0.25) is 10.0 Å². The van der Waals surface area contributed by atoms with Crippen molar-refractivity contribution in [1.82, 2.24) is 9.62 Å². The fourth-order valence-electron chi connectivity index (χ4n) is 3.44. The van der Waals surface area contributed by atoms with Crippen molar-refractivity contribution in [1.29, 1.82) is 0 Å². The molecule has 1 amide bonds. The molecule has 35 heavy (non-hydrogen) atoms. The van der Waals surface area contributed by atoms with E-state index < -0.39 is 45.3 Å². The zero-order valence-corrected chi connectivity index (χ0v) is 20.1. The van der Waals surface area contributed by atoms with E-state index in [1.54, 1.807) is 30.3 Å². The summed E-state index contributed by atoms with van der Waals surface area (Å²) in [6.45, 7) is 2.01. The molecule has 0 saturated carbocycles. The maximum absolute atomic E-state index is 14.1. The normalized spacial score (nSPS) is 12.1. The molecule has 0 aromatic heterocycles. The van der Waals surface area contributed by atoms with E-state index in [1.165, 1.54) is 17.0 Å². The first-order valence-corrected chi connectivity index (χ1v) is 12.6. The van der Waals surface area contributed by atoms with Gasteiger partial charge in [0.15, 0.2) is 6.61 Å². The third-order valence-corrected chi connectivity index (χ3v) is 6.78. The summed E-state index contributed by atoms with van der Waals surface area (Å²) in [6, 6.07) is 21.6. The number of benzene rings is 3. The van der Waals surface area contributed by atoms with Gasteiger partial charge in [0.1, 0.15) is 16.8 Å². The fourth-order valence-corrected chi connectivity index (χ4v) is 4.70. The number of halogens is 1. The Kier molecular flexibility index (Phi) is 9.11. The van der Waals surface area contributed by atoms with Crippen LogP contribution in [0.15, 0.2) is 89.8 Å². The van der Waals surface area contributed by atoms with E-state index in [1.807, 2.05) is 37.3 Å². The van der Waals surface area contributed by atoms with Crippen LogP contribution in [0.2, 0.25) is 0 Å². The number of hydrogen-bond acceptors (Lipinski definition) is 5. The van der Waals surface area contributed by atoms with Gasteiger partial charge in [-0.1, -0.05) is 72.8 Å². The molecule has 1 atom stereocenters. The Hall–Kier alpha value is -3.56. The van der Waals surface area contributed by atoms with Crippen molar-refractivity contribution in [2.45, 2.75) is 30.8 Å². The molecule has 0 spiro atoms. The highest BCUT2D eigenvalue weighted by molar-refractivity contribution is 7.89. The second kappa shape index (κ2) is 12.2. The minimum atomic E-state index is -4.38. The summed E-state index contributed by atoms with van der Waals surface area (Å²) < 4.78 is 47.2. The lowest BCUT2D eigenvalue weighted by atomic mass is 10.1. The number of hydrogen-bond donors (Lipinski definition) is 1. The van der Waals surface area contributed by atoms with Gasteiger partial charge in [0.05, 0.1) is 0 Å². The smallest absolute Gasteiger partial charge is 0.325 e. The summed E-state index contributed by atoms with van der Waals surface area (Å²) in [5, 5.41) is 0. The molecular formula is C26H27FN2O5S. The molecule has 1 N–H and O–H groups in total. The first-order chi connectivity index (χ1) is 16.8. The standard InChI is InChI=1S/C26H27FN2O5S/c1-2-29(18-21-13-7-4-8-14-21)25(30)19-34-26(31)23(17-20-11-5-3-6-12-20)28-35(32,33)24-16-10-9-15-22(24)27/h3-16,23,28H,2,17-19H2,1H3/t23-/m0/s1. The molecule has 0 fully saturated rings. The number of sulfonamides is 1. The molecule has 0 heterocycles. The van der Waals surface area contributed by atoms with Gasteiger partial charge in [-0.25, -0.2) is 12.8 Å². The van der Waals surface area contributed by atoms with Gasteiger partial charge < -0.3 is 9.64 Å². The van der Waals surface area contributed by atoms with E-state index in [0.717, 1.165) is 17.7 Å². The number of likely N-dealkylation sites (N-methyl/N-ethyl adjacent to an activating group) is 1. The van der Waals surface area contributed by atoms with Gasteiger partial charge >= 0.3 is 5.97 Å². The second-order valence-corrected chi connectivity index (χ2v) is 9.48. The third-order valence-electron chi connectivity index (χ3n) is 5.28. The average Bonchev–Trinajstić information content (AvgIpc) is 2.86. The van der Waals surface area contributed by atoms with Crippen molar-refractivity contribution in [3.05, 3.63) is 102 Å². The Morgan fingerprint density at radius 2 is 1.49 bits per heavy atom.